The van der Waals surface area contributed by atoms with Gasteiger partial charge < -0.3 is 9.72 Å². The number of esters is 1. The first-order valence-electron chi connectivity index (χ1n) is 6.70. The fourth-order valence-electron chi connectivity index (χ4n) is 2.09. The smallest absolute Gasteiger partial charge is 0.339 e. The first-order chi connectivity index (χ1) is 10.1. The van der Waals surface area contributed by atoms with E-state index in [9.17, 15) is 14.9 Å². The molecule has 6 nitrogen and oxygen atoms in total. The van der Waals surface area contributed by atoms with Crippen molar-refractivity contribution in [3.05, 3.63) is 51.7 Å². The number of aromatic nitrogens is 1. The SMILES string of the molecule is CCOC(=O)c1cc(-c2ccc([N+](=O)[O-])cc2)[nH]c1CC. The summed E-state index contributed by atoms with van der Waals surface area (Å²) in [4.78, 5) is 25.3. The molecule has 1 heterocycles. The van der Waals surface area contributed by atoms with Crippen LogP contribution in [0.2, 0.25) is 0 Å². The molecular formula is C15H16N2O4. The van der Waals surface area contributed by atoms with E-state index in [1.807, 2.05) is 6.92 Å². The lowest BCUT2D eigenvalue weighted by atomic mass is 10.1. The summed E-state index contributed by atoms with van der Waals surface area (Å²) in [5.41, 5.74) is 2.86. The van der Waals surface area contributed by atoms with E-state index in [1.165, 1.54) is 12.1 Å². The molecule has 0 saturated carbocycles. The average molecular weight is 288 g/mol. The number of hydrogen-bond acceptors (Lipinski definition) is 4. The van der Waals surface area contributed by atoms with Gasteiger partial charge in [0.15, 0.2) is 0 Å². The number of rotatable bonds is 5. The van der Waals surface area contributed by atoms with Gasteiger partial charge in [-0.25, -0.2) is 4.79 Å². The molecule has 110 valence electrons. The Morgan fingerprint density at radius 2 is 1.95 bits per heavy atom. The van der Waals surface area contributed by atoms with E-state index in [4.69, 9.17) is 4.74 Å². The van der Waals surface area contributed by atoms with E-state index in [1.54, 1.807) is 25.1 Å². The first kappa shape index (κ1) is 14.8. The molecule has 21 heavy (non-hydrogen) atoms. The van der Waals surface area contributed by atoms with E-state index in [0.29, 0.717) is 18.6 Å². The highest BCUT2D eigenvalue weighted by Crippen LogP contribution is 2.25. The largest absolute Gasteiger partial charge is 0.462 e. The summed E-state index contributed by atoms with van der Waals surface area (Å²) >= 11 is 0. The molecule has 0 radical (unpaired) electrons. The molecule has 2 rings (SSSR count). The van der Waals surface area contributed by atoms with Gasteiger partial charge in [0.05, 0.1) is 17.1 Å². The van der Waals surface area contributed by atoms with Crippen LogP contribution >= 0.6 is 0 Å². The Balaban J connectivity index is 2.36. The van der Waals surface area contributed by atoms with Gasteiger partial charge in [-0.1, -0.05) is 6.92 Å². The van der Waals surface area contributed by atoms with Crippen molar-refractivity contribution in [2.45, 2.75) is 20.3 Å². The van der Waals surface area contributed by atoms with E-state index in [0.717, 1.165) is 17.0 Å². The quantitative estimate of drug-likeness (QED) is 0.519. The van der Waals surface area contributed by atoms with Crippen molar-refractivity contribution in [2.24, 2.45) is 0 Å². The molecule has 0 spiro atoms. The van der Waals surface area contributed by atoms with Gasteiger partial charge in [0.2, 0.25) is 0 Å². The molecule has 0 bridgehead atoms. The molecule has 2 aromatic rings. The molecule has 0 unspecified atom stereocenters. The lowest BCUT2D eigenvalue weighted by molar-refractivity contribution is -0.384. The molecule has 0 aliphatic rings. The highest BCUT2D eigenvalue weighted by Gasteiger charge is 2.16. The maximum Gasteiger partial charge on any atom is 0.339 e. The average Bonchev–Trinajstić information content (AvgIpc) is 2.92. The Hall–Kier alpha value is -2.63. The Morgan fingerprint density at radius 3 is 2.48 bits per heavy atom. The number of nitro benzene ring substituents is 1. The predicted octanol–water partition coefficient (Wildman–Crippen LogP) is 3.33. The summed E-state index contributed by atoms with van der Waals surface area (Å²) in [5, 5.41) is 10.7. The van der Waals surface area contributed by atoms with Crippen molar-refractivity contribution in [1.29, 1.82) is 0 Å². The molecule has 1 aromatic carbocycles. The number of hydrogen-bond donors (Lipinski definition) is 1. The van der Waals surface area contributed by atoms with Crippen LogP contribution in [-0.4, -0.2) is 22.5 Å². The summed E-state index contributed by atoms with van der Waals surface area (Å²) in [6.45, 7) is 4.02. The third-order valence-corrected chi connectivity index (χ3v) is 3.14. The zero-order chi connectivity index (χ0) is 15.4. The molecule has 0 fully saturated rings. The van der Waals surface area contributed by atoms with Crippen LogP contribution in [0.1, 0.15) is 29.9 Å². The normalized spacial score (nSPS) is 10.4. The minimum Gasteiger partial charge on any atom is -0.462 e. The van der Waals surface area contributed by atoms with Crippen molar-refractivity contribution in [3.63, 3.8) is 0 Å². The third kappa shape index (κ3) is 3.10. The molecule has 0 saturated heterocycles. The van der Waals surface area contributed by atoms with Gasteiger partial charge in [0.1, 0.15) is 0 Å². The van der Waals surface area contributed by atoms with Crippen LogP contribution in [0.5, 0.6) is 0 Å². The van der Waals surface area contributed by atoms with Gasteiger partial charge in [0, 0.05) is 23.5 Å². The molecule has 1 aromatic heterocycles. The number of carbonyl (C=O) groups excluding carboxylic acids is 1. The Kier molecular flexibility index (Phi) is 4.37. The number of benzene rings is 1. The lowest BCUT2D eigenvalue weighted by Crippen LogP contribution is -2.05. The second-order valence-electron chi connectivity index (χ2n) is 4.45. The second-order valence-corrected chi connectivity index (χ2v) is 4.45. The molecular weight excluding hydrogens is 272 g/mol. The van der Waals surface area contributed by atoms with Crippen LogP contribution < -0.4 is 0 Å². The number of non-ortho nitro benzene ring substituents is 1. The summed E-state index contributed by atoms with van der Waals surface area (Å²) in [6.07, 6.45) is 0.668. The predicted molar refractivity (Wildman–Crippen MR) is 78.2 cm³/mol. The van der Waals surface area contributed by atoms with E-state index < -0.39 is 4.92 Å². The molecule has 0 aliphatic carbocycles. The van der Waals surface area contributed by atoms with Gasteiger partial charge in [-0.15, -0.1) is 0 Å². The van der Waals surface area contributed by atoms with Crippen molar-refractivity contribution in [2.75, 3.05) is 6.61 Å². The topological polar surface area (TPSA) is 85.2 Å². The van der Waals surface area contributed by atoms with Crippen molar-refractivity contribution in [1.82, 2.24) is 4.98 Å². The number of nitrogens with zero attached hydrogens (tertiary/aromatic N) is 1. The van der Waals surface area contributed by atoms with Crippen molar-refractivity contribution in [3.8, 4) is 11.3 Å². The van der Waals surface area contributed by atoms with Gasteiger partial charge in [-0.05, 0) is 37.1 Å². The summed E-state index contributed by atoms with van der Waals surface area (Å²) in [7, 11) is 0. The Morgan fingerprint density at radius 1 is 1.29 bits per heavy atom. The maximum atomic E-state index is 11.9. The number of nitro groups is 1. The molecule has 1 N–H and O–H groups in total. The molecule has 0 aliphatic heterocycles. The van der Waals surface area contributed by atoms with Gasteiger partial charge in [0.25, 0.3) is 5.69 Å². The van der Waals surface area contributed by atoms with E-state index in [2.05, 4.69) is 4.98 Å². The number of aromatic amines is 1. The lowest BCUT2D eigenvalue weighted by Gasteiger charge is -2.00. The van der Waals surface area contributed by atoms with E-state index >= 15 is 0 Å². The highest BCUT2D eigenvalue weighted by molar-refractivity contribution is 5.92. The number of H-pyrrole nitrogens is 1. The van der Waals surface area contributed by atoms with Crippen LogP contribution in [0.25, 0.3) is 11.3 Å². The molecule has 0 amide bonds. The minimum atomic E-state index is -0.444. The fourth-order valence-corrected chi connectivity index (χ4v) is 2.09. The monoisotopic (exact) mass is 288 g/mol. The standard InChI is InChI=1S/C15H16N2O4/c1-3-13-12(15(18)21-4-2)9-14(16-13)10-5-7-11(8-6-10)17(19)20/h5-9,16H,3-4H2,1-2H3. The van der Waals surface area contributed by atoms with Crippen LogP contribution in [0.15, 0.2) is 30.3 Å². The van der Waals surface area contributed by atoms with Gasteiger partial charge in [-0.2, -0.15) is 0 Å². The Labute approximate surface area is 121 Å². The van der Waals surface area contributed by atoms with Gasteiger partial charge >= 0.3 is 5.97 Å². The van der Waals surface area contributed by atoms with Crippen molar-refractivity contribution < 1.29 is 14.5 Å². The van der Waals surface area contributed by atoms with Crippen LogP contribution in [-0.2, 0) is 11.2 Å². The summed E-state index contributed by atoms with van der Waals surface area (Å²) in [6, 6.07) is 7.90. The third-order valence-electron chi connectivity index (χ3n) is 3.14. The first-order valence-corrected chi connectivity index (χ1v) is 6.70. The number of nitrogens with one attached hydrogen (secondary N) is 1. The van der Waals surface area contributed by atoms with Crippen LogP contribution in [0, 0.1) is 10.1 Å². The fraction of sp³-hybridized carbons (Fsp3) is 0.267. The molecule has 6 heteroatoms. The number of carbonyl (C=O) groups is 1. The van der Waals surface area contributed by atoms with Crippen molar-refractivity contribution >= 4 is 11.7 Å². The zero-order valence-corrected chi connectivity index (χ0v) is 11.9. The second kappa shape index (κ2) is 6.21. The van der Waals surface area contributed by atoms with E-state index in [-0.39, 0.29) is 11.7 Å². The zero-order valence-electron chi connectivity index (χ0n) is 11.9. The highest BCUT2D eigenvalue weighted by atomic mass is 16.6. The number of aryl methyl sites for hydroxylation is 1. The summed E-state index contributed by atoms with van der Waals surface area (Å²) < 4.78 is 5.02. The maximum absolute atomic E-state index is 11.9. The summed E-state index contributed by atoms with van der Waals surface area (Å²) in [5.74, 6) is -0.362. The van der Waals surface area contributed by atoms with Gasteiger partial charge in [-0.3, -0.25) is 10.1 Å². The Bertz CT molecular complexity index is 659. The van der Waals surface area contributed by atoms with Crippen LogP contribution in [0.4, 0.5) is 5.69 Å². The van der Waals surface area contributed by atoms with Crippen LogP contribution in [0.3, 0.4) is 0 Å². The number of ether oxygens (including phenoxy) is 1. The minimum absolute atomic E-state index is 0.0339. The molecule has 0 atom stereocenters.